The second-order valence-corrected chi connectivity index (χ2v) is 6.13. The normalized spacial score (nSPS) is 19.0. The molecule has 0 aliphatic carbocycles. The fourth-order valence-corrected chi connectivity index (χ4v) is 2.93. The van der Waals surface area contributed by atoms with Crippen LogP contribution in [0.25, 0.3) is 6.08 Å². The van der Waals surface area contributed by atoms with E-state index in [1.165, 1.54) is 25.8 Å². The van der Waals surface area contributed by atoms with Crippen LogP contribution in [0.4, 0.5) is 0 Å². The predicted octanol–water partition coefficient (Wildman–Crippen LogP) is 3.09. The standard InChI is InChI=1S/C19H28N2O2/c1-16-6-3-4-14-21(16)15-5-13-20-19(22)12-9-17-7-10-18(23-2)11-8-17/h7-12,16H,3-6,13-15H2,1-2H3,(H,20,22)/b12-9+/t16-/m1/s1. The first-order valence-corrected chi connectivity index (χ1v) is 8.53. The predicted molar refractivity (Wildman–Crippen MR) is 94.5 cm³/mol. The molecule has 0 saturated carbocycles. The van der Waals surface area contributed by atoms with Crippen LogP contribution in [-0.2, 0) is 4.79 Å². The molecule has 0 spiro atoms. The number of nitrogens with one attached hydrogen (secondary N) is 1. The van der Waals surface area contributed by atoms with E-state index in [0.717, 1.165) is 30.8 Å². The maximum Gasteiger partial charge on any atom is 0.243 e. The van der Waals surface area contributed by atoms with Gasteiger partial charge in [0.2, 0.25) is 5.91 Å². The number of methoxy groups -OCH3 is 1. The maximum absolute atomic E-state index is 11.8. The Morgan fingerprint density at radius 3 is 2.83 bits per heavy atom. The molecule has 1 fully saturated rings. The van der Waals surface area contributed by atoms with Gasteiger partial charge in [-0.1, -0.05) is 18.6 Å². The van der Waals surface area contributed by atoms with Crippen molar-refractivity contribution >= 4 is 12.0 Å². The summed E-state index contributed by atoms with van der Waals surface area (Å²) in [5.41, 5.74) is 0.989. The molecule has 1 aliphatic rings. The molecule has 4 nitrogen and oxygen atoms in total. The molecule has 1 amide bonds. The Morgan fingerprint density at radius 1 is 1.35 bits per heavy atom. The van der Waals surface area contributed by atoms with Crippen LogP contribution in [0, 0.1) is 0 Å². The maximum atomic E-state index is 11.8. The molecule has 0 radical (unpaired) electrons. The Hall–Kier alpha value is -1.81. The van der Waals surface area contributed by atoms with Crippen LogP contribution >= 0.6 is 0 Å². The lowest BCUT2D eigenvalue weighted by Crippen LogP contribution is -2.39. The molecule has 0 bridgehead atoms. The van der Waals surface area contributed by atoms with Gasteiger partial charge in [-0.05, 0) is 56.5 Å². The molecule has 1 aromatic carbocycles. The molecule has 4 heteroatoms. The molecule has 126 valence electrons. The van der Waals surface area contributed by atoms with Crippen molar-refractivity contribution in [3.05, 3.63) is 35.9 Å². The van der Waals surface area contributed by atoms with Crippen LogP contribution in [0.2, 0.25) is 0 Å². The van der Waals surface area contributed by atoms with Gasteiger partial charge in [-0.2, -0.15) is 0 Å². The van der Waals surface area contributed by atoms with E-state index < -0.39 is 0 Å². The molecule has 1 saturated heterocycles. The zero-order valence-corrected chi connectivity index (χ0v) is 14.3. The third-order valence-corrected chi connectivity index (χ3v) is 4.40. The van der Waals surface area contributed by atoms with Gasteiger partial charge in [0.25, 0.3) is 0 Å². The van der Waals surface area contributed by atoms with Gasteiger partial charge in [-0.25, -0.2) is 0 Å². The summed E-state index contributed by atoms with van der Waals surface area (Å²) in [6, 6.07) is 8.32. The second-order valence-electron chi connectivity index (χ2n) is 6.13. The Balaban J connectivity index is 1.65. The molecule has 0 unspecified atom stereocenters. The Kier molecular flexibility index (Phi) is 7.14. The summed E-state index contributed by atoms with van der Waals surface area (Å²) in [6.45, 7) is 5.31. The summed E-state index contributed by atoms with van der Waals surface area (Å²) < 4.78 is 5.11. The summed E-state index contributed by atoms with van der Waals surface area (Å²) >= 11 is 0. The fourth-order valence-electron chi connectivity index (χ4n) is 2.93. The van der Waals surface area contributed by atoms with Crippen molar-refractivity contribution in [1.29, 1.82) is 0 Å². The van der Waals surface area contributed by atoms with Crippen LogP contribution < -0.4 is 10.1 Å². The van der Waals surface area contributed by atoms with Gasteiger partial charge >= 0.3 is 0 Å². The van der Waals surface area contributed by atoms with E-state index in [1.54, 1.807) is 13.2 Å². The number of benzene rings is 1. The zero-order chi connectivity index (χ0) is 16.5. The summed E-state index contributed by atoms with van der Waals surface area (Å²) in [4.78, 5) is 14.3. The van der Waals surface area contributed by atoms with E-state index in [1.807, 2.05) is 30.3 Å². The summed E-state index contributed by atoms with van der Waals surface area (Å²) in [7, 11) is 1.64. The van der Waals surface area contributed by atoms with Crippen LogP contribution in [-0.4, -0.2) is 43.6 Å². The van der Waals surface area contributed by atoms with Crippen molar-refractivity contribution in [3.63, 3.8) is 0 Å². The zero-order valence-electron chi connectivity index (χ0n) is 14.3. The number of carbonyl (C=O) groups is 1. The van der Waals surface area contributed by atoms with Crippen molar-refractivity contribution < 1.29 is 9.53 Å². The van der Waals surface area contributed by atoms with Gasteiger partial charge < -0.3 is 15.0 Å². The Bertz CT molecular complexity index is 511. The molecule has 2 rings (SSSR count). The SMILES string of the molecule is COc1ccc(/C=C/C(=O)NCCCN2CCCC[C@H]2C)cc1. The number of rotatable bonds is 7. The number of hydrogen-bond donors (Lipinski definition) is 1. The first-order chi connectivity index (χ1) is 11.2. The number of piperidine rings is 1. The van der Waals surface area contributed by atoms with Crippen LogP contribution in [0.15, 0.2) is 30.3 Å². The third-order valence-electron chi connectivity index (χ3n) is 4.40. The highest BCUT2D eigenvalue weighted by Crippen LogP contribution is 2.16. The highest BCUT2D eigenvalue weighted by Gasteiger charge is 2.16. The Labute approximate surface area is 139 Å². The van der Waals surface area contributed by atoms with E-state index in [0.29, 0.717) is 6.04 Å². The van der Waals surface area contributed by atoms with Gasteiger partial charge in [-0.3, -0.25) is 4.79 Å². The van der Waals surface area contributed by atoms with E-state index in [-0.39, 0.29) is 5.91 Å². The molecular formula is C19H28N2O2. The van der Waals surface area contributed by atoms with Crippen molar-refractivity contribution in [2.24, 2.45) is 0 Å². The van der Waals surface area contributed by atoms with Crippen molar-refractivity contribution in [3.8, 4) is 5.75 Å². The first-order valence-electron chi connectivity index (χ1n) is 8.53. The Morgan fingerprint density at radius 2 is 2.13 bits per heavy atom. The minimum atomic E-state index is -0.0347. The van der Waals surface area contributed by atoms with Gasteiger partial charge in [0.1, 0.15) is 5.75 Å². The first kappa shape index (κ1) is 17.5. The smallest absolute Gasteiger partial charge is 0.243 e. The lowest BCUT2D eigenvalue weighted by molar-refractivity contribution is -0.116. The molecule has 1 heterocycles. The molecule has 0 aromatic heterocycles. The quantitative estimate of drug-likeness (QED) is 0.621. The average molecular weight is 316 g/mol. The minimum absolute atomic E-state index is 0.0347. The number of carbonyl (C=O) groups excluding carboxylic acids is 1. The van der Waals surface area contributed by atoms with Gasteiger partial charge in [0, 0.05) is 25.2 Å². The number of nitrogens with zero attached hydrogens (tertiary/aromatic N) is 1. The fraction of sp³-hybridized carbons (Fsp3) is 0.526. The molecule has 1 N–H and O–H groups in total. The van der Waals surface area contributed by atoms with E-state index >= 15 is 0 Å². The summed E-state index contributed by atoms with van der Waals surface area (Å²) in [5.74, 6) is 0.783. The van der Waals surface area contributed by atoms with Crippen LogP contribution in [0.5, 0.6) is 5.75 Å². The van der Waals surface area contributed by atoms with Crippen molar-refractivity contribution in [2.45, 2.75) is 38.6 Å². The van der Waals surface area contributed by atoms with Crippen LogP contribution in [0.3, 0.4) is 0 Å². The lowest BCUT2D eigenvalue weighted by atomic mass is 10.0. The molecule has 1 aromatic rings. The lowest BCUT2D eigenvalue weighted by Gasteiger charge is -2.33. The third kappa shape index (κ3) is 6.06. The van der Waals surface area contributed by atoms with Gasteiger partial charge in [-0.15, -0.1) is 0 Å². The van der Waals surface area contributed by atoms with E-state index in [9.17, 15) is 4.79 Å². The van der Waals surface area contributed by atoms with Gasteiger partial charge in [0.05, 0.1) is 7.11 Å². The summed E-state index contributed by atoms with van der Waals surface area (Å²) in [5, 5.41) is 2.95. The monoisotopic (exact) mass is 316 g/mol. The number of likely N-dealkylation sites (tertiary alicyclic amines) is 1. The van der Waals surface area contributed by atoms with Crippen LogP contribution in [0.1, 0.15) is 38.2 Å². The topological polar surface area (TPSA) is 41.6 Å². The molecule has 1 aliphatic heterocycles. The molecule has 23 heavy (non-hydrogen) atoms. The average Bonchev–Trinajstić information content (AvgIpc) is 2.59. The summed E-state index contributed by atoms with van der Waals surface area (Å²) in [6.07, 6.45) is 8.38. The van der Waals surface area contributed by atoms with E-state index in [2.05, 4.69) is 17.1 Å². The van der Waals surface area contributed by atoms with Gasteiger partial charge in [0.15, 0.2) is 0 Å². The van der Waals surface area contributed by atoms with Crippen molar-refractivity contribution in [1.82, 2.24) is 10.2 Å². The second kappa shape index (κ2) is 9.36. The number of hydrogen-bond acceptors (Lipinski definition) is 3. The largest absolute Gasteiger partial charge is 0.497 e. The van der Waals surface area contributed by atoms with E-state index in [4.69, 9.17) is 4.74 Å². The highest BCUT2D eigenvalue weighted by atomic mass is 16.5. The number of ether oxygens (including phenoxy) is 1. The number of amides is 1. The highest BCUT2D eigenvalue weighted by molar-refractivity contribution is 5.91. The molecule has 1 atom stereocenters. The molecular weight excluding hydrogens is 288 g/mol. The minimum Gasteiger partial charge on any atom is -0.497 e. The van der Waals surface area contributed by atoms with Crippen molar-refractivity contribution in [2.75, 3.05) is 26.7 Å².